The van der Waals surface area contributed by atoms with E-state index in [1.807, 2.05) is 24.8 Å². The van der Waals surface area contributed by atoms with E-state index >= 15 is 0 Å². The van der Waals surface area contributed by atoms with Gasteiger partial charge in [-0.3, -0.25) is 4.79 Å². The second-order valence-electron chi connectivity index (χ2n) is 3.94. The summed E-state index contributed by atoms with van der Waals surface area (Å²) in [5, 5.41) is 0.375. The van der Waals surface area contributed by atoms with E-state index < -0.39 is 0 Å². The molecular weight excluding hydrogens is 250 g/mol. The molecule has 17 heavy (non-hydrogen) atoms. The number of carbonyl (C=O) groups is 1. The summed E-state index contributed by atoms with van der Waals surface area (Å²) < 4.78 is 0. The number of rotatable bonds is 7. The Labute approximate surface area is 112 Å². The first-order chi connectivity index (χ1) is 8.09. The number of nitrogens with two attached hydrogens (primary N) is 1. The van der Waals surface area contributed by atoms with Gasteiger partial charge >= 0.3 is 0 Å². The Hall–Kier alpha value is -0.610. The van der Waals surface area contributed by atoms with Crippen LogP contribution in [0.1, 0.15) is 20.3 Å². The maximum Gasteiger partial charge on any atom is 0.230 e. The maximum atomic E-state index is 10.9. The molecule has 0 saturated carbocycles. The normalized spacial score (nSPS) is 14.2. The Kier molecular flexibility index (Phi) is 6.52. The van der Waals surface area contributed by atoms with Crippen molar-refractivity contribution in [2.75, 3.05) is 5.75 Å². The van der Waals surface area contributed by atoms with Gasteiger partial charge in [0.2, 0.25) is 5.91 Å². The molecule has 2 nitrogen and oxygen atoms in total. The fraction of sp³-hybridized carbons (Fsp3) is 0.462. The number of primary amides is 1. The highest BCUT2D eigenvalue weighted by Gasteiger charge is 2.13. The first kappa shape index (κ1) is 14.5. The fourth-order valence-corrected chi connectivity index (χ4v) is 3.63. The molecule has 1 rings (SSSR count). The Balaban J connectivity index is 2.20. The van der Waals surface area contributed by atoms with E-state index in [-0.39, 0.29) is 11.2 Å². The molecule has 0 fully saturated rings. The van der Waals surface area contributed by atoms with Gasteiger partial charge in [-0.1, -0.05) is 25.1 Å². The molecule has 1 aromatic rings. The van der Waals surface area contributed by atoms with Crippen LogP contribution in [0.25, 0.3) is 0 Å². The molecule has 0 aliphatic heterocycles. The Morgan fingerprint density at radius 1 is 1.29 bits per heavy atom. The molecule has 94 valence electrons. The van der Waals surface area contributed by atoms with Crippen LogP contribution in [0.5, 0.6) is 0 Å². The molecule has 1 aromatic carbocycles. The molecule has 2 atom stereocenters. The summed E-state index contributed by atoms with van der Waals surface area (Å²) in [6, 6.07) is 10.4. The van der Waals surface area contributed by atoms with Gasteiger partial charge in [0.15, 0.2) is 0 Å². The van der Waals surface area contributed by atoms with Crippen molar-refractivity contribution < 1.29 is 4.79 Å². The van der Waals surface area contributed by atoms with Crippen LogP contribution in [0.4, 0.5) is 0 Å². The molecule has 1 amide bonds. The second kappa shape index (κ2) is 7.67. The molecule has 0 saturated heterocycles. The molecule has 0 aliphatic carbocycles. The van der Waals surface area contributed by atoms with Gasteiger partial charge in [0, 0.05) is 10.1 Å². The van der Waals surface area contributed by atoms with Crippen LogP contribution in [-0.4, -0.2) is 22.2 Å². The van der Waals surface area contributed by atoms with E-state index in [4.69, 9.17) is 5.73 Å². The topological polar surface area (TPSA) is 43.1 Å². The van der Waals surface area contributed by atoms with E-state index in [0.29, 0.717) is 5.25 Å². The SMILES string of the molecule is C[C@H](CCSc1ccccc1)S[C@@H](C)C(N)=O. The zero-order valence-electron chi connectivity index (χ0n) is 10.3. The van der Waals surface area contributed by atoms with Crippen LogP contribution in [0, 0.1) is 0 Å². The lowest BCUT2D eigenvalue weighted by Gasteiger charge is -2.14. The summed E-state index contributed by atoms with van der Waals surface area (Å²) in [4.78, 5) is 12.2. The van der Waals surface area contributed by atoms with Crippen LogP contribution >= 0.6 is 23.5 Å². The van der Waals surface area contributed by atoms with Crippen LogP contribution < -0.4 is 5.73 Å². The average molecular weight is 269 g/mol. The lowest BCUT2D eigenvalue weighted by Crippen LogP contribution is -2.24. The van der Waals surface area contributed by atoms with Gasteiger partial charge in [-0.25, -0.2) is 0 Å². The van der Waals surface area contributed by atoms with Crippen LogP contribution in [0.3, 0.4) is 0 Å². The first-order valence-corrected chi connectivity index (χ1v) is 7.65. The average Bonchev–Trinajstić information content (AvgIpc) is 2.30. The Morgan fingerprint density at radius 3 is 2.53 bits per heavy atom. The largest absolute Gasteiger partial charge is 0.369 e. The highest BCUT2D eigenvalue weighted by atomic mass is 32.2. The number of hydrogen-bond acceptors (Lipinski definition) is 3. The molecule has 4 heteroatoms. The van der Waals surface area contributed by atoms with E-state index in [9.17, 15) is 4.79 Å². The van der Waals surface area contributed by atoms with Crippen molar-refractivity contribution in [1.82, 2.24) is 0 Å². The highest BCUT2D eigenvalue weighted by molar-refractivity contribution is 8.01. The summed E-state index contributed by atoms with van der Waals surface area (Å²) in [6.45, 7) is 4.02. The smallest absolute Gasteiger partial charge is 0.230 e. The fourth-order valence-electron chi connectivity index (χ4n) is 1.34. The van der Waals surface area contributed by atoms with Gasteiger partial charge in [0.25, 0.3) is 0 Å². The standard InChI is InChI=1S/C13H19NOS2/c1-10(17-11(2)13(14)15)8-9-16-12-6-4-3-5-7-12/h3-7,10-11H,8-9H2,1-2H3,(H2,14,15)/t10-,11+/m1/s1. The molecule has 0 unspecified atom stereocenters. The van der Waals surface area contributed by atoms with Crippen molar-refractivity contribution in [1.29, 1.82) is 0 Å². The first-order valence-electron chi connectivity index (χ1n) is 5.72. The minimum Gasteiger partial charge on any atom is -0.369 e. The Bertz CT molecular complexity index is 343. The third-order valence-corrected chi connectivity index (χ3v) is 4.76. The van der Waals surface area contributed by atoms with Crippen molar-refractivity contribution in [3.05, 3.63) is 30.3 Å². The van der Waals surface area contributed by atoms with Gasteiger partial charge in [-0.2, -0.15) is 0 Å². The van der Waals surface area contributed by atoms with Crippen LogP contribution in [0.15, 0.2) is 35.2 Å². The third-order valence-electron chi connectivity index (χ3n) is 2.37. The summed E-state index contributed by atoms with van der Waals surface area (Å²) in [5.41, 5.74) is 5.24. The molecule has 0 heterocycles. The van der Waals surface area contributed by atoms with Crippen LogP contribution in [0.2, 0.25) is 0 Å². The minimum atomic E-state index is -0.224. The number of hydrogen-bond donors (Lipinski definition) is 1. The van der Waals surface area contributed by atoms with E-state index in [2.05, 4.69) is 31.2 Å². The zero-order chi connectivity index (χ0) is 12.7. The number of benzene rings is 1. The molecular formula is C13H19NOS2. The van der Waals surface area contributed by atoms with Crippen molar-refractivity contribution in [2.24, 2.45) is 5.73 Å². The zero-order valence-corrected chi connectivity index (χ0v) is 11.9. The molecule has 0 spiro atoms. The van der Waals surface area contributed by atoms with Crippen LogP contribution in [-0.2, 0) is 4.79 Å². The molecule has 0 radical (unpaired) electrons. The van der Waals surface area contributed by atoms with Crippen molar-refractivity contribution in [3.63, 3.8) is 0 Å². The van der Waals surface area contributed by atoms with Gasteiger partial charge < -0.3 is 5.73 Å². The third kappa shape index (κ3) is 6.03. The molecule has 0 bridgehead atoms. The lowest BCUT2D eigenvalue weighted by atomic mass is 10.4. The molecule has 2 N–H and O–H groups in total. The quantitative estimate of drug-likeness (QED) is 0.773. The van der Waals surface area contributed by atoms with Gasteiger partial charge in [0.1, 0.15) is 0 Å². The lowest BCUT2D eigenvalue weighted by molar-refractivity contribution is -0.117. The van der Waals surface area contributed by atoms with E-state index in [1.54, 1.807) is 11.8 Å². The number of thioether (sulfide) groups is 2. The van der Waals surface area contributed by atoms with Crippen molar-refractivity contribution >= 4 is 29.4 Å². The Morgan fingerprint density at radius 2 is 1.94 bits per heavy atom. The number of amides is 1. The minimum absolute atomic E-state index is 0.0910. The van der Waals surface area contributed by atoms with E-state index in [1.165, 1.54) is 4.90 Å². The van der Waals surface area contributed by atoms with Gasteiger partial charge in [0.05, 0.1) is 5.25 Å². The predicted octanol–water partition coefficient (Wildman–Crippen LogP) is 3.16. The maximum absolute atomic E-state index is 10.9. The predicted molar refractivity (Wildman–Crippen MR) is 77.5 cm³/mol. The second-order valence-corrected chi connectivity index (χ2v) is 6.89. The van der Waals surface area contributed by atoms with E-state index in [0.717, 1.165) is 12.2 Å². The summed E-state index contributed by atoms with van der Waals surface area (Å²) >= 11 is 3.51. The summed E-state index contributed by atoms with van der Waals surface area (Å²) in [5.74, 6) is 0.849. The monoisotopic (exact) mass is 269 g/mol. The molecule has 0 aromatic heterocycles. The van der Waals surface area contributed by atoms with Crippen molar-refractivity contribution in [2.45, 2.75) is 35.7 Å². The summed E-state index contributed by atoms with van der Waals surface area (Å²) in [6.07, 6.45) is 1.09. The van der Waals surface area contributed by atoms with Crippen molar-refractivity contribution in [3.8, 4) is 0 Å². The van der Waals surface area contributed by atoms with Gasteiger partial charge in [-0.15, -0.1) is 23.5 Å². The number of carbonyl (C=O) groups excluding carboxylic acids is 1. The highest BCUT2D eigenvalue weighted by Crippen LogP contribution is 2.24. The molecule has 0 aliphatic rings. The van der Waals surface area contributed by atoms with Gasteiger partial charge in [-0.05, 0) is 31.2 Å². The summed E-state index contributed by atoms with van der Waals surface area (Å²) in [7, 11) is 0.